The van der Waals surface area contributed by atoms with Crippen LogP contribution in [-0.2, 0) is 14.4 Å². The molecule has 2 N–H and O–H groups in total. The van der Waals surface area contributed by atoms with Crippen LogP contribution in [0.15, 0.2) is 78.9 Å². The van der Waals surface area contributed by atoms with E-state index in [2.05, 4.69) is 33.2 Å². The van der Waals surface area contributed by atoms with Crippen LogP contribution in [0.5, 0.6) is 5.75 Å². The lowest BCUT2D eigenvalue weighted by Gasteiger charge is -2.34. The number of anilines is 1. The zero-order valence-corrected chi connectivity index (χ0v) is 25.0. The van der Waals surface area contributed by atoms with E-state index < -0.39 is 40.3 Å². The van der Waals surface area contributed by atoms with Crippen LogP contribution in [0.3, 0.4) is 0 Å². The van der Waals surface area contributed by atoms with E-state index in [0.717, 1.165) is 28.6 Å². The first-order valence-corrected chi connectivity index (χ1v) is 14.6. The van der Waals surface area contributed by atoms with E-state index in [0.29, 0.717) is 17.0 Å². The molecule has 5 amide bonds. The molecule has 41 heavy (non-hydrogen) atoms. The number of amides is 5. The van der Waals surface area contributed by atoms with Gasteiger partial charge in [-0.3, -0.25) is 14.9 Å². The molecule has 0 aromatic heterocycles. The molecule has 0 bridgehead atoms. The second-order valence-corrected chi connectivity index (χ2v) is 11.8. The monoisotopic (exact) mass is 667 g/mol. The molecule has 0 spiro atoms. The van der Waals surface area contributed by atoms with Crippen molar-refractivity contribution in [3.05, 3.63) is 93.6 Å². The molecule has 3 aromatic rings. The topological polar surface area (TPSA) is 105 Å². The number of benzene rings is 3. The highest BCUT2D eigenvalue weighted by molar-refractivity contribution is 14.1. The van der Waals surface area contributed by atoms with E-state index in [1.54, 1.807) is 41.3 Å². The van der Waals surface area contributed by atoms with Gasteiger partial charge in [0.1, 0.15) is 5.75 Å². The third-order valence-electron chi connectivity index (χ3n) is 7.91. The summed E-state index contributed by atoms with van der Waals surface area (Å²) in [5, 5.41) is 5.75. The Bertz CT molecular complexity index is 1440. The number of nitrogens with zero attached hydrogens (tertiary/aromatic N) is 2. The minimum Gasteiger partial charge on any atom is -0.484 e. The summed E-state index contributed by atoms with van der Waals surface area (Å²) in [6, 6.07) is 21.0. The molecule has 2 saturated heterocycles. The van der Waals surface area contributed by atoms with Crippen molar-refractivity contribution in [1.82, 2.24) is 10.2 Å². The van der Waals surface area contributed by atoms with Crippen LogP contribution >= 0.6 is 22.6 Å². The number of likely N-dealkylation sites (N-methyl/N-ethyl adjacent to an activating group) is 1. The Balaban J connectivity index is 1.39. The number of likely N-dealkylation sites (tertiary alicyclic amines) is 1. The van der Waals surface area contributed by atoms with Gasteiger partial charge in [0.2, 0.25) is 0 Å². The van der Waals surface area contributed by atoms with Gasteiger partial charge in [0.05, 0.1) is 7.05 Å². The fourth-order valence-electron chi connectivity index (χ4n) is 5.33. The van der Waals surface area contributed by atoms with Crippen LogP contribution in [0.25, 0.3) is 0 Å². The minimum absolute atomic E-state index is 0.0534. The largest absolute Gasteiger partial charge is 0.484 e. The summed E-state index contributed by atoms with van der Waals surface area (Å²) in [5.41, 5.74) is 1.99. The van der Waals surface area contributed by atoms with E-state index in [1.165, 1.54) is 7.05 Å². The Morgan fingerprint density at radius 3 is 2.29 bits per heavy atom. The average molecular weight is 668 g/mol. The number of carbonyl (C=O) groups excluding carboxylic acids is 4. The van der Waals surface area contributed by atoms with Gasteiger partial charge in [-0.05, 0) is 76.5 Å². The van der Waals surface area contributed by atoms with Gasteiger partial charge in [-0.2, -0.15) is 4.48 Å². The summed E-state index contributed by atoms with van der Waals surface area (Å²) in [6.07, 6.45) is 1.01. The molecule has 10 heteroatoms. The molecule has 9 nitrogen and oxygen atoms in total. The lowest BCUT2D eigenvalue weighted by Crippen LogP contribution is -2.63. The number of hydrogen-bond donors (Lipinski definition) is 2. The average Bonchev–Trinajstić information content (AvgIpc) is 3.17. The van der Waals surface area contributed by atoms with E-state index in [9.17, 15) is 19.2 Å². The lowest BCUT2D eigenvalue weighted by atomic mass is 9.89. The highest BCUT2D eigenvalue weighted by atomic mass is 127. The van der Waals surface area contributed by atoms with Crippen molar-refractivity contribution in [2.75, 3.05) is 32.1 Å². The maximum absolute atomic E-state index is 14.1. The first-order chi connectivity index (χ1) is 19.7. The van der Waals surface area contributed by atoms with Gasteiger partial charge in [0.15, 0.2) is 18.7 Å². The molecule has 2 aliphatic rings. The Kier molecular flexibility index (Phi) is 8.41. The van der Waals surface area contributed by atoms with Crippen molar-refractivity contribution in [2.24, 2.45) is 0 Å². The molecular weight excluding hydrogens is 635 g/mol. The van der Waals surface area contributed by atoms with Gasteiger partial charge in [-0.25, -0.2) is 9.59 Å². The van der Waals surface area contributed by atoms with Crippen LogP contribution in [0.1, 0.15) is 36.4 Å². The molecule has 2 unspecified atom stereocenters. The predicted molar refractivity (Wildman–Crippen MR) is 162 cm³/mol. The fourth-order valence-corrected chi connectivity index (χ4v) is 5.69. The maximum Gasteiger partial charge on any atom is 0.425 e. The minimum atomic E-state index is -1.04. The molecule has 2 aliphatic heterocycles. The lowest BCUT2D eigenvalue weighted by molar-refractivity contribution is -0.766. The zero-order valence-electron chi connectivity index (χ0n) is 22.9. The number of urea groups is 1. The Morgan fingerprint density at radius 1 is 1.02 bits per heavy atom. The van der Waals surface area contributed by atoms with Gasteiger partial charge >= 0.3 is 11.9 Å². The van der Waals surface area contributed by atoms with Crippen LogP contribution in [-0.4, -0.2) is 65.9 Å². The fraction of sp³-hybridized carbons (Fsp3) is 0.290. The smallest absolute Gasteiger partial charge is 0.425 e. The number of hydrogen-bond acceptors (Lipinski definition) is 5. The van der Waals surface area contributed by atoms with E-state index in [-0.39, 0.29) is 12.5 Å². The standard InChI is InChI=1S/C31H31IN4O5/c1-20(21-7-4-3-5-8-21)28(29(38)33-24-13-11-23(32)12-14-24)36(2)30(39)27(34-31(36)40)22-9-15-25(16-10-22)41-19-26(37)35-17-6-18-35/h3-5,7-16,20,27-28H,6,17-19H2,1-2H3,(H-,33,34,38,40)/p+1/t20-,27+,28?,36?/m0/s1. The summed E-state index contributed by atoms with van der Waals surface area (Å²) in [7, 11) is 1.51. The summed E-state index contributed by atoms with van der Waals surface area (Å²) >= 11 is 2.19. The van der Waals surface area contributed by atoms with Crippen molar-refractivity contribution in [3.63, 3.8) is 0 Å². The Labute approximate surface area is 252 Å². The van der Waals surface area contributed by atoms with Gasteiger partial charge < -0.3 is 15.0 Å². The molecule has 2 heterocycles. The Hall–Kier alpha value is -3.77. The molecule has 0 aliphatic carbocycles. The molecular formula is C31H32IN4O5+. The van der Waals surface area contributed by atoms with Gasteiger partial charge in [0.25, 0.3) is 11.8 Å². The van der Waals surface area contributed by atoms with Gasteiger partial charge in [-0.15, -0.1) is 0 Å². The third kappa shape index (κ3) is 5.84. The van der Waals surface area contributed by atoms with E-state index in [4.69, 9.17) is 4.74 Å². The number of quaternary nitrogens is 1. The van der Waals surface area contributed by atoms with Crippen LogP contribution in [0.2, 0.25) is 0 Å². The molecule has 0 radical (unpaired) electrons. The normalized spacial score (nSPS) is 21.4. The van der Waals surface area contributed by atoms with Crippen LogP contribution in [0, 0.1) is 3.57 Å². The molecule has 5 rings (SSSR count). The first-order valence-electron chi connectivity index (χ1n) is 13.5. The van der Waals surface area contributed by atoms with E-state index in [1.807, 2.05) is 49.4 Å². The van der Waals surface area contributed by atoms with Crippen molar-refractivity contribution in [3.8, 4) is 5.75 Å². The molecule has 3 aromatic carbocycles. The number of carbonyl (C=O) groups is 4. The van der Waals surface area contributed by atoms with Crippen molar-refractivity contribution >= 4 is 52.0 Å². The van der Waals surface area contributed by atoms with Crippen molar-refractivity contribution < 1.29 is 28.4 Å². The number of nitrogens with one attached hydrogen (secondary N) is 2. The van der Waals surface area contributed by atoms with Crippen molar-refractivity contribution in [1.29, 1.82) is 0 Å². The van der Waals surface area contributed by atoms with Crippen molar-refractivity contribution in [2.45, 2.75) is 31.3 Å². The first kappa shape index (κ1) is 28.7. The SMILES string of the molecule is C[C@@H](c1ccccc1)C(C(=O)Nc1ccc(I)cc1)[N+]1(C)C(=O)N[C@H](c2ccc(OCC(=O)N3CCC3)cc2)C1=O. The highest BCUT2D eigenvalue weighted by Crippen LogP contribution is 2.36. The number of halogens is 1. The summed E-state index contributed by atoms with van der Waals surface area (Å²) in [6.45, 7) is 3.32. The highest BCUT2D eigenvalue weighted by Gasteiger charge is 2.61. The molecule has 212 valence electrons. The van der Waals surface area contributed by atoms with E-state index >= 15 is 0 Å². The van der Waals surface area contributed by atoms with Crippen LogP contribution in [0.4, 0.5) is 10.5 Å². The Morgan fingerprint density at radius 2 is 1.68 bits per heavy atom. The van der Waals surface area contributed by atoms with Gasteiger partial charge in [0, 0.05) is 28.3 Å². The maximum atomic E-state index is 14.1. The predicted octanol–water partition coefficient (Wildman–Crippen LogP) is 4.45. The number of rotatable bonds is 9. The summed E-state index contributed by atoms with van der Waals surface area (Å²) in [5.74, 6) is -0.886. The van der Waals surface area contributed by atoms with Gasteiger partial charge in [-0.1, -0.05) is 49.4 Å². The molecule has 2 fully saturated rings. The quantitative estimate of drug-likeness (QED) is 0.200. The number of ether oxygens (including phenoxy) is 1. The molecule has 0 saturated carbocycles. The summed E-state index contributed by atoms with van der Waals surface area (Å²) in [4.78, 5) is 55.4. The molecule has 4 atom stereocenters. The second-order valence-electron chi connectivity index (χ2n) is 10.5. The third-order valence-corrected chi connectivity index (χ3v) is 8.63. The summed E-state index contributed by atoms with van der Waals surface area (Å²) < 4.78 is 5.91. The van der Waals surface area contributed by atoms with Crippen LogP contribution < -0.4 is 15.4 Å². The second kappa shape index (κ2) is 12.0. The number of imide groups is 1. The zero-order chi connectivity index (χ0) is 29.1.